The maximum atomic E-state index is 11.1. The molecule has 0 amide bonds. The van der Waals surface area contributed by atoms with E-state index in [0.717, 1.165) is 12.8 Å². The van der Waals surface area contributed by atoms with E-state index < -0.39 is 10.8 Å². The minimum absolute atomic E-state index is 0.187. The van der Waals surface area contributed by atoms with Gasteiger partial charge in [0, 0.05) is 22.3 Å². The summed E-state index contributed by atoms with van der Waals surface area (Å²) < 4.78 is 11.1. The standard InChI is InChI=1S/C9H15NOS/c1-8(2)9(7-10)3-5-12(11)6-4-9/h8H,3-6H2,1-2H3. The van der Waals surface area contributed by atoms with Gasteiger partial charge in [-0.1, -0.05) is 13.8 Å². The van der Waals surface area contributed by atoms with Crippen LogP contribution < -0.4 is 0 Å². The van der Waals surface area contributed by atoms with Crippen LogP contribution in [-0.4, -0.2) is 15.7 Å². The van der Waals surface area contributed by atoms with E-state index in [4.69, 9.17) is 5.26 Å². The van der Waals surface area contributed by atoms with Gasteiger partial charge in [0.2, 0.25) is 0 Å². The molecule has 1 aliphatic heterocycles. The van der Waals surface area contributed by atoms with Gasteiger partial charge in [-0.15, -0.1) is 0 Å². The number of nitriles is 1. The Hall–Kier alpha value is -0.360. The molecule has 0 aromatic carbocycles. The predicted molar refractivity (Wildman–Crippen MR) is 50.0 cm³/mol. The topological polar surface area (TPSA) is 40.9 Å². The molecule has 0 saturated carbocycles. The Morgan fingerprint density at radius 1 is 1.42 bits per heavy atom. The molecule has 0 bridgehead atoms. The summed E-state index contributed by atoms with van der Waals surface area (Å²) in [7, 11) is -0.656. The normalized spacial score (nSPS) is 36.3. The van der Waals surface area contributed by atoms with Gasteiger partial charge >= 0.3 is 0 Å². The maximum Gasteiger partial charge on any atom is 0.0693 e. The van der Waals surface area contributed by atoms with E-state index in [1.54, 1.807) is 0 Å². The molecule has 0 aromatic rings. The smallest absolute Gasteiger partial charge is 0.0693 e. The van der Waals surface area contributed by atoms with Crippen LogP contribution in [0.25, 0.3) is 0 Å². The van der Waals surface area contributed by atoms with Gasteiger partial charge in [-0.3, -0.25) is 4.21 Å². The SMILES string of the molecule is CC(C)C1(C#N)CCS(=O)CC1. The fourth-order valence-corrected chi connectivity index (χ4v) is 3.03. The molecule has 1 saturated heterocycles. The molecule has 0 unspecified atom stereocenters. The molecule has 0 radical (unpaired) electrons. The number of nitrogens with zero attached hydrogens (tertiary/aromatic N) is 1. The molecule has 1 aliphatic rings. The molecule has 1 fully saturated rings. The number of hydrogen-bond acceptors (Lipinski definition) is 2. The Kier molecular flexibility index (Phi) is 2.89. The third-order valence-corrected chi connectivity index (χ3v) is 4.20. The first-order valence-electron chi connectivity index (χ1n) is 4.37. The molecule has 0 spiro atoms. The summed E-state index contributed by atoms with van der Waals surface area (Å²) in [6.07, 6.45) is 1.63. The van der Waals surface area contributed by atoms with E-state index >= 15 is 0 Å². The van der Waals surface area contributed by atoms with E-state index in [9.17, 15) is 4.21 Å². The van der Waals surface area contributed by atoms with Crippen LogP contribution >= 0.6 is 0 Å². The number of rotatable bonds is 1. The molecule has 12 heavy (non-hydrogen) atoms. The van der Waals surface area contributed by atoms with Crippen molar-refractivity contribution in [3.63, 3.8) is 0 Å². The molecule has 1 rings (SSSR count). The van der Waals surface area contributed by atoms with Gasteiger partial charge in [-0.2, -0.15) is 5.26 Å². The van der Waals surface area contributed by atoms with Crippen LogP contribution in [0.1, 0.15) is 26.7 Å². The van der Waals surface area contributed by atoms with Crippen molar-refractivity contribution in [2.75, 3.05) is 11.5 Å². The quantitative estimate of drug-likeness (QED) is 0.624. The molecule has 0 atom stereocenters. The summed E-state index contributed by atoms with van der Waals surface area (Å²) in [4.78, 5) is 0. The average Bonchev–Trinajstić information content (AvgIpc) is 2.06. The molecule has 0 N–H and O–H groups in total. The van der Waals surface area contributed by atoms with Crippen LogP contribution in [0.4, 0.5) is 0 Å². The first kappa shape index (κ1) is 9.73. The summed E-state index contributed by atoms with van der Waals surface area (Å²) in [5, 5.41) is 9.05. The Bertz CT molecular complexity index is 219. The van der Waals surface area contributed by atoms with Crippen LogP contribution in [0, 0.1) is 22.7 Å². The third-order valence-electron chi connectivity index (χ3n) is 2.88. The fraction of sp³-hybridized carbons (Fsp3) is 0.889. The second kappa shape index (κ2) is 3.57. The lowest BCUT2D eigenvalue weighted by Crippen LogP contribution is -2.34. The molecular formula is C9H15NOS. The molecular weight excluding hydrogens is 170 g/mol. The van der Waals surface area contributed by atoms with Gasteiger partial charge in [0.15, 0.2) is 0 Å². The zero-order valence-corrected chi connectivity index (χ0v) is 8.49. The van der Waals surface area contributed by atoms with Crippen molar-refractivity contribution in [2.24, 2.45) is 11.3 Å². The monoisotopic (exact) mass is 185 g/mol. The van der Waals surface area contributed by atoms with Gasteiger partial charge in [0.25, 0.3) is 0 Å². The molecule has 68 valence electrons. The van der Waals surface area contributed by atoms with Gasteiger partial charge in [0.05, 0.1) is 11.5 Å². The van der Waals surface area contributed by atoms with Crippen molar-refractivity contribution in [1.29, 1.82) is 5.26 Å². The van der Waals surface area contributed by atoms with E-state index in [-0.39, 0.29) is 5.41 Å². The molecule has 1 heterocycles. The molecule has 2 nitrogen and oxygen atoms in total. The lowest BCUT2D eigenvalue weighted by molar-refractivity contribution is 0.252. The summed E-state index contributed by atoms with van der Waals surface area (Å²) in [6.45, 7) is 4.16. The second-order valence-electron chi connectivity index (χ2n) is 3.77. The molecule has 3 heteroatoms. The van der Waals surface area contributed by atoms with E-state index in [1.807, 2.05) is 0 Å². The van der Waals surface area contributed by atoms with E-state index in [2.05, 4.69) is 19.9 Å². The first-order valence-corrected chi connectivity index (χ1v) is 5.86. The van der Waals surface area contributed by atoms with Crippen LogP contribution in [0.5, 0.6) is 0 Å². The van der Waals surface area contributed by atoms with Crippen molar-refractivity contribution >= 4 is 10.8 Å². The highest BCUT2D eigenvalue weighted by Gasteiger charge is 2.37. The van der Waals surface area contributed by atoms with Crippen molar-refractivity contribution in [2.45, 2.75) is 26.7 Å². The minimum Gasteiger partial charge on any atom is -0.260 e. The van der Waals surface area contributed by atoms with Crippen LogP contribution in [-0.2, 0) is 10.8 Å². The van der Waals surface area contributed by atoms with Crippen molar-refractivity contribution in [3.05, 3.63) is 0 Å². The van der Waals surface area contributed by atoms with Gasteiger partial charge < -0.3 is 0 Å². The highest BCUT2D eigenvalue weighted by molar-refractivity contribution is 7.85. The highest BCUT2D eigenvalue weighted by atomic mass is 32.2. The van der Waals surface area contributed by atoms with Gasteiger partial charge in [-0.25, -0.2) is 0 Å². The lowest BCUT2D eigenvalue weighted by Gasteiger charge is -2.33. The Morgan fingerprint density at radius 3 is 2.25 bits per heavy atom. The van der Waals surface area contributed by atoms with Crippen molar-refractivity contribution in [1.82, 2.24) is 0 Å². The van der Waals surface area contributed by atoms with Crippen molar-refractivity contribution in [3.8, 4) is 6.07 Å². The minimum atomic E-state index is -0.656. The zero-order valence-electron chi connectivity index (χ0n) is 7.67. The molecule has 0 aliphatic carbocycles. The van der Waals surface area contributed by atoms with Gasteiger partial charge in [-0.05, 0) is 18.8 Å². The van der Waals surface area contributed by atoms with Crippen LogP contribution in [0.3, 0.4) is 0 Å². The first-order chi connectivity index (χ1) is 5.60. The average molecular weight is 185 g/mol. The summed E-state index contributed by atoms with van der Waals surface area (Å²) >= 11 is 0. The lowest BCUT2D eigenvalue weighted by atomic mass is 9.74. The number of hydrogen-bond donors (Lipinski definition) is 0. The van der Waals surface area contributed by atoms with Crippen LogP contribution in [0.15, 0.2) is 0 Å². The Balaban J connectivity index is 2.71. The summed E-state index contributed by atoms with van der Waals surface area (Å²) in [5.41, 5.74) is -0.187. The largest absolute Gasteiger partial charge is 0.260 e. The zero-order chi connectivity index (χ0) is 9.19. The van der Waals surface area contributed by atoms with Crippen LogP contribution in [0.2, 0.25) is 0 Å². The third kappa shape index (κ3) is 1.69. The van der Waals surface area contributed by atoms with E-state index in [0.29, 0.717) is 17.4 Å². The fourth-order valence-electron chi connectivity index (χ4n) is 1.64. The summed E-state index contributed by atoms with van der Waals surface area (Å²) in [5.74, 6) is 1.82. The predicted octanol–water partition coefficient (Wildman–Crippen LogP) is 1.69. The highest BCUT2D eigenvalue weighted by Crippen LogP contribution is 2.37. The second-order valence-corrected chi connectivity index (χ2v) is 5.47. The Labute approximate surface area is 76.4 Å². The van der Waals surface area contributed by atoms with Crippen molar-refractivity contribution < 1.29 is 4.21 Å². The molecule has 0 aromatic heterocycles. The van der Waals surface area contributed by atoms with Gasteiger partial charge in [0.1, 0.15) is 0 Å². The Morgan fingerprint density at radius 2 is 1.92 bits per heavy atom. The van der Waals surface area contributed by atoms with E-state index in [1.165, 1.54) is 0 Å². The maximum absolute atomic E-state index is 11.1. The summed E-state index contributed by atoms with van der Waals surface area (Å²) in [6, 6.07) is 2.40.